The molecular formula is C9H7F3NO. The van der Waals surface area contributed by atoms with Crippen LogP contribution in [0, 0.1) is 0 Å². The fraction of sp³-hybridized carbons (Fsp3) is 0.222. The van der Waals surface area contributed by atoms with E-state index in [0.717, 1.165) is 12.1 Å². The predicted octanol–water partition coefficient (Wildman–Crippen LogP) is 2.08. The highest BCUT2D eigenvalue weighted by Crippen LogP contribution is 2.29. The van der Waals surface area contributed by atoms with E-state index in [9.17, 15) is 18.0 Å². The van der Waals surface area contributed by atoms with Gasteiger partial charge in [0.25, 0.3) is 5.91 Å². The Morgan fingerprint density at radius 1 is 1.36 bits per heavy atom. The third kappa shape index (κ3) is 2.25. The largest absolute Gasteiger partial charge is 0.416 e. The molecule has 1 radical (unpaired) electrons. The summed E-state index contributed by atoms with van der Waals surface area (Å²) in [6.07, 6.45) is -4.43. The van der Waals surface area contributed by atoms with Crippen molar-refractivity contribution in [2.24, 2.45) is 0 Å². The van der Waals surface area contributed by atoms with Gasteiger partial charge in [0.2, 0.25) is 0 Å². The molecule has 0 saturated carbocycles. The molecule has 0 aliphatic heterocycles. The number of carbonyl (C=O) groups is 1. The molecule has 0 atom stereocenters. The Morgan fingerprint density at radius 2 is 2.00 bits per heavy atom. The number of alkyl halides is 3. The molecule has 0 aliphatic rings. The van der Waals surface area contributed by atoms with Crippen molar-refractivity contribution in [2.45, 2.75) is 6.18 Å². The first-order valence-corrected chi connectivity index (χ1v) is 3.76. The number of benzene rings is 1. The first kappa shape index (κ1) is 10.6. The van der Waals surface area contributed by atoms with Crippen molar-refractivity contribution in [1.82, 2.24) is 5.32 Å². The highest BCUT2D eigenvalue weighted by molar-refractivity contribution is 5.93. The smallest absolute Gasteiger partial charge is 0.267 e. The molecule has 1 aromatic rings. The second-order valence-electron chi connectivity index (χ2n) is 2.61. The average Bonchev–Trinajstić information content (AvgIpc) is 2.15. The molecule has 75 valence electrons. The van der Waals surface area contributed by atoms with Crippen LogP contribution in [-0.2, 0) is 6.18 Å². The summed E-state index contributed by atoms with van der Waals surface area (Å²) in [5.74, 6) is -0.656. The zero-order chi connectivity index (χ0) is 10.8. The lowest BCUT2D eigenvalue weighted by Gasteiger charge is -2.07. The molecule has 2 nitrogen and oxygen atoms in total. The van der Waals surface area contributed by atoms with Gasteiger partial charge in [-0.15, -0.1) is 0 Å². The van der Waals surface area contributed by atoms with Crippen molar-refractivity contribution in [3.05, 3.63) is 35.4 Å². The van der Waals surface area contributed by atoms with Gasteiger partial charge in [0, 0.05) is 12.6 Å². The third-order valence-corrected chi connectivity index (χ3v) is 1.64. The van der Waals surface area contributed by atoms with Crippen LogP contribution in [0.25, 0.3) is 0 Å². The molecule has 0 aliphatic carbocycles. The van der Waals surface area contributed by atoms with Gasteiger partial charge in [-0.1, -0.05) is 6.07 Å². The molecule has 1 rings (SSSR count). The average molecular weight is 202 g/mol. The molecule has 14 heavy (non-hydrogen) atoms. The van der Waals surface area contributed by atoms with Crippen LogP contribution in [0.4, 0.5) is 13.2 Å². The summed E-state index contributed by atoms with van der Waals surface area (Å²) >= 11 is 0. The molecule has 0 unspecified atom stereocenters. The molecule has 1 amide bonds. The number of nitrogens with zero attached hydrogens (tertiary/aromatic N) is 1. The van der Waals surface area contributed by atoms with Gasteiger partial charge in [-0.25, -0.2) is 0 Å². The molecule has 0 heterocycles. The van der Waals surface area contributed by atoms with Crippen LogP contribution in [0.3, 0.4) is 0 Å². The molecule has 0 fully saturated rings. The van der Waals surface area contributed by atoms with Crippen LogP contribution in [-0.4, -0.2) is 13.0 Å². The Bertz CT molecular complexity index is 346. The molecular weight excluding hydrogens is 195 g/mol. The lowest BCUT2D eigenvalue weighted by molar-refractivity contribution is -0.137. The van der Waals surface area contributed by atoms with E-state index in [2.05, 4.69) is 5.32 Å². The first-order chi connectivity index (χ1) is 6.45. The van der Waals surface area contributed by atoms with E-state index in [1.54, 1.807) is 0 Å². The van der Waals surface area contributed by atoms with Crippen LogP contribution >= 0.6 is 0 Å². The highest BCUT2D eigenvalue weighted by atomic mass is 19.4. The SMILES string of the molecule is C[N]C(=O)c1cccc(C(F)(F)F)c1. The molecule has 0 bridgehead atoms. The second kappa shape index (κ2) is 3.69. The summed E-state index contributed by atoms with van der Waals surface area (Å²) in [6.45, 7) is 0. The number of halogens is 3. The number of rotatable bonds is 1. The minimum atomic E-state index is -4.43. The molecule has 5 heteroatoms. The quantitative estimate of drug-likeness (QED) is 0.685. The normalized spacial score (nSPS) is 11.1. The number of hydrogen-bond donors (Lipinski definition) is 0. The zero-order valence-corrected chi connectivity index (χ0v) is 7.30. The Kier molecular flexibility index (Phi) is 2.78. The third-order valence-electron chi connectivity index (χ3n) is 1.64. The maximum atomic E-state index is 12.2. The van der Waals surface area contributed by atoms with E-state index in [-0.39, 0.29) is 5.56 Å². The minimum Gasteiger partial charge on any atom is -0.267 e. The van der Waals surface area contributed by atoms with Crippen molar-refractivity contribution in [1.29, 1.82) is 0 Å². The maximum absolute atomic E-state index is 12.2. The lowest BCUT2D eigenvalue weighted by atomic mass is 10.1. The van der Waals surface area contributed by atoms with E-state index in [1.807, 2.05) is 0 Å². The highest BCUT2D eigenvalue weighted by Gasteiger charge is 2.30. The minimum absolute atomic E-state index is 0.0534. The Morgan fingerprint density at radius 3 is 2.50 bits per heavy atom. The topological polar surface area (TPSA) is 31.2 Å². The summed E-state index contributed by atoms with van der Waals surface area (Å²) in [5.41, 5.74) is -0.894. The van der Waals surface area contributed by atoms with Crippen LogP contribution in [0.15, 0.2) is 24.3 Å². The van der Waals surface area contributed by atoms with Crippen molar-refractivity contribution >= 4 is 5.91 Å². The summed E-state index contributed by atoms with van der Waals surface area (Å²) < 4.78 is 36.6. The van der Waals surface area contributed by atoms with Gasteiger partial charge in [-0.05, 0) is 18.2 Å². The fourth-order valence-corrected chi connectivity index (χ4v) is 0.958. The standard InChI is InChI=1S/C9H7F3NO/c1-13-8(14)6-3-2-4-7(5-6)9(10,11)12/h2-5H,1H3. The first-order valence-electron chi connectivity index (χ1n) is 3.76. The van der Waals surface area contributed by atoms with Crippen molar-refractivity contribution in [3.8, 4) is 0 Å². The molecule has 0 saturated heterocycles. The van der Waals surface area contributed by atoms with Crippen LogP contribution in [0.5, 0.6) is 0 Å². The van der Waals surface area contributed by atoms with Gasteiger partial charge in [0.1, 0.15) is 0 Å². The van der Waals surface area contributed by atoms with Gasteiger partial charge in [-0.3, -0.25) is 10.1 Å². The van der Waals surface area contributed by atoms with E-state index >= 15 is 0 Å². The summed E-state index contributed by atoms with van der Waals surface area (Å²) in [6, 6.07) is 4.17. The Balaban J connectivity index is 3.08. The number of carbonyl (C=O) groups excluding carboxylic acids is 1. The van der Waals surface area contributed by atoms with Crippen LogP contribution in [0.2, 0.25) is 0 Å². The number of amides is 1. The van der Waals surface area contributed by atoms with Crippen LogP contribution in [0.1, 0.15) is 15.9 Å². The summed E-state index contributed by atoms with van der Waals surface area (Å²) in [7, 11) is 1.24. The van der Waals surface area contributed by atoms with Gasteiger partial charge < -0.3 is 0 Å². The molecule has 0 N–H and O–H groups in total. The molecule has 1 aromatic carbocycles. The van der Waals surface area contributed by atoms with Crippen molar-refractivity contribution < 1.29 is 18.0 Å². The van der Waals surface area contributed by atoms with E-state index < -0.39 is 17.6 Å². The van der Waals surface area contributed by atoms with E-state index in [1.165, 1.54) is 19.2 Å². The Hall–Kier alpha value is -1.52. The Labute approximate surface area is 78.7 Å². The lowest BCUT2D eigenvalue weighted by Crippen LogP contribution is -2.12. The molecule has 0 spiro atoms. The predicted molar refractivity (Wildman–Crippen MR) is 43.8 cm³/mol. The summed E-state index contributed by atoms with van der Waals surface area (Å²) in [4.78, 5) is 11.0. The van der Waals surface area contributed by atoms with E-state index in [0.29, 0.717) is 0 Å². The van der Waals surface area contributed by atoms with Gasteiger partial charge >= 0.3 is 6.18 Å². The number of hydrogen-bond acceptors (Lipinski definition) is 1. The second-order valence-corrected chi connectivity index (χ2v) is 2.61. The van der Waals surface area contributed by atoms with Gasteiger partial charge in [0.15, 0.2) is 0 Å². The van der Waals surface area contributed by atoms with Crippen molar-refractivity contribution in [3.63, 3.8) is 0 Å². The van der Waals surface area contributed by atoms with Crippen molar-refractivity contribution in [2.75, 3.05) is 7.05 Å². The van der Waals surface area contributed by atoms with Gasteiger partial charge in [-0.2, -0.15) is 13.2 Å². The molecule has 0 aromatic heterocycles. The maximum Gasteiger partial charge on any atom is 0.416 e. The monoisotopic (exact) mass is 202 g/mol. The fourth-order valence-electron chi connectivity index (χ4n) is 0.958. The van der Waals surface area contributed by atoms with Gasteiger partial charge in [0.05, 0.1) is 5.56 Å². The van der Waals surface area contributed by atoms with E-state index in [4.69, 9.17) is 0 Å². The summed E-state index contributed by atoms with van der Waals surface area (Å²) in [5, 5.41) is 3.28. The zero-order valence-electron chi connectivity index (χ0n) is 7.30. The van der Waals surface area contributed by atoms with Crippen LogP contribution < -0.4 is 5.32 Å².